The zero-order valence-electron chi connectivity index (χ0n) is 11.3. The molecule has 2 rings (SSSR count). The van der Waals surface area contributed by atoms with Crippen LogP contribution >= 0.6 is 27.3 Å². The Bertz CT molecular complexity index is 565. The number of aryl methyl sites for hydroxylation is 1. The Labute approximate surface area is 126 Å². The first kappa shape index (κ1) is 14.6. The molecule has 0 radical (unpaired) electrons. The molecule has 2 unspecified atom stereocenters. The SMILES string of the molecule is Cc1cccc(OC(c2cc(Br)cs2)C(C)N)c1C. The van der Waals surface area contributed by atoms with E-state index >= 15 is 0 Å². The molecule has 0 aliphatic rings. The molecule has 4 heteroatoms. The van der Waals surface area contributed by atoms with E-state index in [1.807, 2.05) is 19.1 Å². The lowest BCUT2D eigenvalue weighted by Gasteiger charge is -2.23. The second kappa shape index (κ2) is 6.07. The van der Waals surface area contributed by atoms with E-state index < -0.39 is 0 Å². The van der Waals surface area contributed by atoms with Crippen molar-refractivity contribution in [3.8, 4) is 5.75 Å². The third-order valence-electron chi connectivity index (χ3n) is 3.15. The minimum absolute atomic E-state index is 0.0644. The van der Waals surface area contributed by atoms with Crippen LogP contribution in [-0.2, 0) is 0 Å². The van der Waals surface area contributed by atoms with Crippen LogP contribution in [0.2, 0.25) is 0 Å². The third kappa shape index (κ3) is 3.38. The predicted octanol–water partition coefficient (Wildman–Crippen LogP) is 4.59. The lowest BCUT2D eigenvalue weighted by molar-refractivity contribution is 0.183. The van der Waals surface area contributed by atoms with Crippen LogP contribution in [0.1, 0.15) is 29.0 Å². The highest BCUT2D eigenvalue weighted by molar-refractivity contribution is 9.10. The summed E-state index contributed by atoms with van der Waals surface area (Å²) >= 11 is 5.14. The summed E-state index contributed by atoms with van der Waals surface area (Å²) in [6.45, 7) is 6.14. The van der Waals surface area contributed by atoms with E-state index in [1.165, 1.54) is 11.1 Å². The summed E-state index contributed by atoms with van der Waals surface area (Å²) in [5.41, 5.74) is 8.48. The third-order valence-corrected chi connectivity index (χ3v) is 4.91. The highest BCUT2D eigenvalue weighted by Crippen LogP contribution is 2.32. The Hall–Kier alpha value is -0.840. The molecular weight excluding hydrogens is 322 g/mol. The van der Waals surface area contributed by atoms with Gasteiger partial charge in [0.2, 0.25) is 0 Å². The molecule has 0 aliphatic heterocycles. The smallest absolute Gasteiger partial charge is 0.148 e. The fourth-order valence-corrected chi connectivity index (χ4v) is 3.48. The summed E-state index contributed by atoms with van der Waals surface area (Å²) in [4.78, 5) is 1.14. The van der Waals surface area contributed by atoms with Crippen molar-refractivity contribution < 1.29 is 4.74 Å². The molecule has 0 amide bonds. The van der Waals surface area contributed by atoms with Gasteiger partial charge in [-0.25, -0.2) is 0 Å². The van der Waals surface area contributed by atoms with Gasteiger partial charge in [0.05, 0.1) is 0 Å². The molecule has 2 atom stereocenters. The predicted molar refractivity (Wildman–Crippen MR) is 85.0 cm³/mol. The fourth-order valence-electron chi connectivity index (χ4n) is 1.89. The second-order valence-electron chi connectivity index (χ2n) is 4.76. The first-order chi connectivity index (χ1) is 8.99. The molecule has 0 bridgehead atoms. The number of benzene rings is 1. The van der Waals surface area contributed by atoms with Crippen LogP contribution < -0.4 is 10.5 Å². The number of hydrogen-bond acceptors (Lipinski definition) is 3. The molecule has 102 valence electrons. The van der Waals surface area contributed by atoms with Gasteiger partial charge >= 0.3 is 0 Å². The van der Waals surface area contributed by atoms with Gasteiger partial charge in [-0.05, 0) is 60.0 Å². The summed E-state index contributed by atoms with van der Waals surface area (Å²) in [5, 5.41) is 2.05. The van der Waals surface area contributed by atoms with E-state index in [0.717, 1.165) is 15.1 Å². The molecule has 1 aromatic carbocycles. The molecule has 0 saturated carbocycles. The van der Waals surface area contributed by atoms with E-state index in [4.69, 9.17) is 10.5 Å². The van der Waals surface area contributed by atoms with Gasteiger partial charge in [0.25, 0.3) is 0 Å². The van der Waals surface area contributed by atoms with Gasteiger partial charge in [-0.1, -0.05) is 12.1 Å². The normalized spacial score (nSPS) is 14.2. The minimum atomic E-state index is -0.114. The van der Waals surface area contributed by atoms with Crippen molar-refractivity contribution in [1.82, 2.24) is 0 Å². The summed E-state index contributed by atoms with van der Waals surface area (Å²) in [5.74, 6) is 0.909. The Balaban J connectivity index is 2.29. The summed E-state index contributed by atoms with van der Waals surface area (Å²) in [6.07, 6.45) is -0.114. The molecule has 0 spiro atoms. The van der Waals surface area contributed by atoms with Crippen LogP contribution in [0.25, 0.3) is 0 Å². The maximum absolute atomic E-state index is 6.15. The van der Waals surface area contributed by atoms with Gasteiger partial charge in [-0.2, -0.15) is 0 Å². The van der Waals surface area contributed by atoms with E-state index in [1.54, 1.807) is 11.3 Å². The van der Waals surface area contributed by atoms with Crippen molar-refractivity contribution in [3.05, 3.63) is 50.1 Å². The molecule has 0 saturated heterocycles. The number of rotatable bonds is 4. The zero-order chi connectivity index (χ0) is 14.0. The average Bonchev–Trinajstić information content (AvgIpc) is 2.77. The first-order valence-corrected chi connectivity index (χ1v) is 7.88. The fraction of sp³-hybridized carbons (Fsp3) is 0.333. The highest BCUT2D eigenvalue weighted by atomic mass is 79.9. The van der Waals surface area contributed by atoms with Crippen LogP contribution in [0, 0.1) is 13.8 Å². The Morgan fingerprint density at radius 1 is 1.32 bits per heavy atom. The van der Waals surface area contributed by atoms with Crippen molar-refractivity contribution in [2.75, 3.05) is 0 Å². The molecule has 19 heavy (non-hydrogen) atoms. The van der Waals surface area contributed by atoms with Gasteiger partial charge in [-0.15, -0.1) is 11.3 Å². The maximum atomic E-state index is 6.15. The van der Waals surface area contributed by atoms with E-state index in [0.29, 0.717) is 0 Å². The first-order valence-electron chi connectivity index (χ1n) is 6.21. The topological polar surface area (TPSA) is 35.2 Å². The van der Waals surface area contributed by atoms with E-state index in [-0.39, 0.29) is 12.1 Å². The van der Waals surface area contributed by atoms with Crippen LogP contribution in [0.4, 0.5) is 0 Å². The van der Waals surface area contributed by atoms with Gasteiger partial charge in [0.15, 0.2) is 0 Å². The standard InChI is InChI=1S/C15H18BrNOS/c1-9-5-4-6-13(10(9)2)18-15(11(3)17)14-7-12(16)8-19-14/h4-8,11,15H,17H2,1-3H3. The Morgan fingerprint density at radius 2 is 2.05 bits per heavy atom. The molecule has 2 aromatic rings. The van der Waals surface area contributed by atoms with Gasteiger partial charge in [0, 0.05) is 20.8 Å². The van der Waals surface area contributed by atoms with Crippen LogP contribution in [0.5, 0.6) is 5.75 Å². The quantitative estimate of drug-likeness (QED) is 0.883. The summed E-state index contributed by atoms with van der Waals surface area (Å²) < 4.78 is 7.22. The molecule has 0 fully saturated rings. The lowest BCUT2D eigenvalue weighted by atomic mass is 10.1. The van der Waals surface area contributed by atoms with Gasteiger partial charge < -0.3 is 10.5 Å². The number of thiophene rings is 1. The number of nitrogens with two attached hydrogens (primary N) is 1. The van der Waals surface area contributed by atoms with Crippen molar-refractivity contribution in [2.45, 2.75) is 32.9 Å². The molecule has 2 nitrogen and oxygen atoms in total. The molecule has 1 aromatic heterocycles. The van der Waals surface area contributed by atoms with E-state index in [2.05, 4.69) is 47.3 Å². The Kier molecular flexibility index (Phi) is 4.66. The number of hydrogen-bond donors (Lipinski definition) is 1. The van der Waals surface area contributed by atoms with Gasteiger partial charge in [-0.3, -0.25) is 0 Å². The monoisotopic (exact) mass is 339 g/mol. The van der Waals surface area contributed by atoms with Crippen molar-refractivity contribution in [2.24, 2.45) is 5.73 Å². The molecule has 2 N–H and O–H groups in total. The summed E-state index contributed by atoms with van der Waals surface area (Å²) in [7, 11) is 0. The Morgan fingerprint density at radius 3 is 2.63 bits per heavy atom. The zero-order valence-corrected chi connectivity index (χ0v) is 13.7. The minimum Gasteiger partial charge on any atom is -0.483 e. The summed E-state index contributed by atoms with van der Waals surface area (Å²) in [6, 6.07) is 8.11. The lowest BCUT2D eigenvalue weighted by Crippen LogP contribution is -2.28. The van der Waals surface area contributed by atoms with Crippen LogP contribution in [0.3, 0.4) is 0 Å². The maximum Gasteiger partial charge on any atom is 0.148 e. The van der Waals surface area contributed by atoms with E-state index in [9.17, 15) is 0 Å². The van der Waals surface area contributed by atoms with Crippen LogP contribution in [0.15, 0.2) is 34.1 Å². The number of halogens is 1. The van der Waals surface area contributed by atoms with Crippen molar-refractivity contribution in [3.63, 3.8) is 0 Å². The van der Waals surface area contributed by atoms with Crippen molar-refractivity contribution >= 4 is 27.3 Å². The van der Waals surface area contributed by atoms with Gasteiger partial charge in [0.1, 0.15) is 11.9 Å². The average molecular weight is 340 g/mol. The second-order valence-corrected chi connectivity index (χ2v) is 6.62. The van der Waals surface area contributed by atoms with Crippen molar-refractivity contribution in [1.29, 1.82) is 0 Å². The largest absolute Gasteiger partial charge is 0.483 e. The van der Waals surface area contributed by atoms with Crippen LogP contribution in [-0.4, -0.2) is 6.04 Å². The molecule has 0 aliphatic carbocycles. The molecular formula is C15H18BrNOS. The molecule has 1 heterocycles. The number of ether oxygens (including phenoxy) is 1. The highest BCUT2D eigenvalue weighted by Gasteiger charge is 2.21.